The van der Waals surface area contributed by atoms with Crippen molar-refractivity contribution in [3.8, 4) is 17.2 Å². The van der Waals surface area contributed by atoms with Crippen LogP contribution in [0, 0.1) is 0 Å². The zero-order valence-corrected chi connectivity index (χ0v) is 18.8. The predicted octanol–water partition coefficient (Wildman–Crippen LogP) is 4.70. The Morgan fingerprint density at radius 1 is 0.781 bits per heavy atom. The molecule has 0 aliphatic carbocycles. The Morgan fingerprint density at radius 2 is 1.44 bits per heavy atom. The maximum Gasteiger partial charge on any atom is 0.263 e. The topological polar surface area (TPSA) is 85.9 Å². The van der Waals surface area contributed by atoms with E-state index in [4.69, 9.17) is 14.2 Å². The first-order chi connectivity index (χ1) is 15.5. The lowest BCUT2D eigenvalue weighted by atomic mass is 10.1. The number of methoxy groups -OCH3 is 3. The molecule has 2 amide bonds. The van der Waals surface area contributed by atoms with Gasteiger partial charge in [0.2, 0.25) is 5.91 Å². The van der Waals surface area contributed by atoms with Gasteiger partial charge < -0.3 is 24.8 Å². The summed E-state index contributed by atoms with van der Waals surface area (Å²) in [5, 5.41) is 5.69. The first kappa shape index (κ1) is 23.0. The fraction of sp³-hybridized carbons (Fsp3) is 0.167. The lowest BCUT2D eigenvalue weighted by Gasteiger charge is -2.13. The van der Waals surface area contributed by atoms with Crippen molar-refractivity contribution < 1.29 is 23.8 Å². The van der Waals surface area contributed by atoms with Gasteiger partial charge in [-0.05, 0) is 48.5 Å². The van der Waals surface area contributed by atoms with Gasteiger partial charge in [0, 0.05) is 22.3 Å². The molecule has 0 unspecified atom stereocenters. The standard InChI is InChI=1S/C24H24N2O5S/c1-29-18-7-4-6-17(14-18)25-22(27)15-32-19-12-10-16(11-13-19)26-24(28)23-20(30-2)8-5-9-21(23)31-3/h4-14H,15H2,1-3H3,(H,25,27)(H,26,28). The van der Waals surface area contributed by atoms with Gasteiger partial charge in [0.15, 0.2) is 0 Å². The maximum atomic E-state index is 12.8. The largest absolute Gasteiger partial charge is 0.497 e. The maximum absolute atomic E-state index is 12.8. The van der Waals surface area contributed by atoms with Crippen molar-refractivity contribution in [3.63, 3.8) is 0 Å². The molecule has 0 spiro atoms. The molecule has 166 valence electrons. The van der Waals surface area contributed by atoms with E-state index in [0.29, 0.717) is 34.2 Å². The summed E-state index contributed by atoms with van der Waals surface area (Å²) in [5.74, 6) is 1.33. The molecule has 3 rings (SSSR count). The second-order valence-electron chi connectivity index (χ2n) is 6.58. The van der Waals surface area contributed by atoms with Crippen molar-refractivity contribution in [1.82, 2.24) is 0 Å². The summed E-state index contributed by atoms with van der Waals surface area (Å²) in [6, 6.07) is 19.6. The van der Waals surface area contributed by atoms with Gasteiger partial charge in [0.25, 0.3) is 5.91 Å². The molecule has 0 aliphatic heterocycles. The van der Waals surface area contributed by atoms with Crippen molar-refractivity contribution >= 4 is 35.0 Å². The number of hydrogen-bond acceptors (Lipinski definition) is 6. The van der Waals surface area contributed by atoms with E-state index in [-0.39, 0.29) is 17.6 Å². The number of carbonyl (C=O) groups excluding carboxylic acids is 2. The number of thioether (sulfide) groups is 1. The molecule has 8 heteroatoms. The van der Waals surface area contributed by atoms with Crippen LogP contribution in [0.4, 0.5) is 11.4 Å². The van der Waals surface area contributed by atoms with Crippen LogP contribution < -0.4 is 24.8 Å². The molecule has 0 radical (unpaired) electrons. The number of anilines is 2. The van der Waals surface area contributed by atoms with Crippen molar-refractivity contribution in [2.24, 2.45) is 0 Å². The van der Waals surface area contributed by atoms with Crippen molar-refractivity contribution in [2.75, 3.05) is 37.7 Å². The number of nitrogens with one attached hydrogen (secondary N) is 2. The monoisotopic (exact) mass is 452 g/mol. The Labute approximate surface area is 191 Å². The van der Waals surface area contributed by atoms with Gasteiger partial charge in [0.05, 0.1) is 27.1 Å². The minimum Gasteiger partial charge on any atom is -0.497 e. The molecule has 3 aromatic rings. The van der Waals surface area contributed by atoms with Gasteiger partial charge in [-0.25, -0.2) is 0 Å². The minimum atomic E-state index is -0.336. The van der Waals surface area contributed by atoms with Gasteiger partial charge in [-0.15, -0.1) is 11.8 Å². The molecule has 0 heterocycles. The molecular formula is C24H24N2O5S. The predicted molar refractivity (Wildman–Crippen MR) is 126 cm³/mol. The molecular weight excluding hydrogens is 428 g/mol. The highest BCUT2D eigenvalue weighted by Gasteiger charge is 2.18. The molecule has 7 nitrogen and oxygen atoms in total. The van der Waals surface area contributed by atoms with Crippen LogP contribution in [0.25, 0.3) is 0 Å². The van der Waals surface area contributed by atoms with Crippen molar-refractivity contribution in [3.05, 3.63) is 72.3 Å². The van der Waals surface area contributed by atoms with Gasteiger partial charge in [-0.2, -0.15) is 0 Å². The van der Waals surface area contributed by atoms with Gasteiger partial charge in [-0.1, -0.05) is 12.1 Å². The van der Waals surface area contributed by atoms with Crippen LogP contribution in [-0.2, 0) is 4.79 Å². The van der Waals surface area contributed by atoms with E-state index < -0.39 is 0 Å². The zero-order valence-electron chi connectivity index (χ0n) is 18.0. The summed E-state index contributed by atoms with van der Waals surface area (Å²) in [6.07, 6.45) is 0. The third kappa shape index (κ3) is 5.95. The molecule has 0 saturated heterocycles. The van der Waals surface area contributed by atoms with Crippen molar-refractivity contribution in [2.45, 2.75) is 4.90 Å². The number of benzene rings is 3. The van der Waals surface area contributed by atoms with E-state index in [1.807, 2.05) is 24.3 Å². The smallest absolute Gasteiger partial charge is 0.263 e. The van der Waals surface area contributed by atoms with Crippen LogP contribution >= 0.6 is 11.8 Å². The minimum absolute atomic E-state index is 0.121. The molecule has 3 aromatic carbocycles. The number of rotatable bonds is 9. The highest BCUT2D eigenvalue weighted by molar-refractivity contribution is 8.00. The third-order valence-corrected chi connectivity index (χ3v) is 5.50. The lowest BCUT2D eigenvalue weighted by Crippen LogP contribution is -2.14. The Kier molecular flexibility index (Phi) is 7.99. The van der Waals surface area contributed by atoms with E-state index in [9.17, 15) is 9.59 Å². The zero-order chi connectivity index (χ0) is 22.9. The highest BCUT2D eigenvalue weighted by Crippen LogP contribution is 2.29. The van der Waals surface area contributed by atoms with Gasteiger partial charge >= 0.3 is 0 Å². The van der Waals surface area contributed by atoms with Gasteiger partial charge in [-0.3, -0.25) is 9.59 Å². The number of carbonyl (C=O) groups is 2. The number of hydrogen-bond donors (Lipinski definition) is 2. The quantitative estimate of drug-likeness (QED) is 0.458. The fourth-order valence-electron chi connectivity index (χ4n) is 2.95. The molecule has 0 bridgehead atoms. The SMILES string of the molecule is COc1cccc(NC(=O)CSc2ccc(NC(=O)c3c(OC)cccc3OC)cc2)c1. The second-order valence-corrected chi connectivity index (χ2v) is 7.63. The summed E-state index contributed by atoms with van der Waals surface area (Å²) in [7, 11) is 4.58. The van der Waals surface area contributed by atoms with E-state index in [0.717, 1.165) is 4.90 Å². The molecule has 0 fully saturated rings. The Balaban J connectivity index is 1.57. The Morgan fingerprint density at radius 3 is 2.06 bits per heavy atom. The van der Waals surface area contributed by atoms with E-state index in [1.165, 1.54) is 26.0 Å². The molecule has 0 saturated carbocycles. The first-order valence-corrected chi connectivity index (χ1v) is 10.7. The fourth-order valence-corrected chi connectivity index (χ4v) is 3.65. The average molecular weight is 453 g/mol. The summed E-state index contributed by atoms with van der Waals surface area (Å²) < 4.78 is 15.7. The Bertz CT molecular complexity index is 1060. The van der Waals surface area contributed by atoms with Crippen LogP contribution in [-0.4, -0.2) is 38.9 Å². The van der Waals surface area contributed by atoms with Crippen LogP contribution in [0.1, 0.15) is 10.4 Å². The second kappa shape index (κ2) is 11.1. The number of ether oxygens (including phenoxy) is 3. The van der Waals surface area contributed by atoms with Crippen molar-refractivity contribution in [1.29, 1.82) is 0 Å². The van der Waals surface area contributed by atoms with Crippen LogP contribution in [0.5, 0.6) is 17.2 Å². The Hall–Kier alpha value is -3.65. The lowest BCUT2D eigenvalue weighted by molar-refractivity contribution is -0.113. The van der Waals surface area contributed by atoms with Crippen LogP contribution in [0.15, 0.2) is 71.6 Å². The molecule has 0 aromatic heterocycles. The molecule has 0 aliphatic rings. The number of amides is 2. The summed E-state index contributed by atoms with van der Waals surface area (Å²) in [6.45, 7) is 0. The molecule has 0 atom stereocenters. The molecule has 2 N–H and O–H groups in total. The van der Waals surface area contributed by atoms with Gasteiger partial charge in [0.1, 0.15) is 22.8 Å². The first-order valence-electron chi connectivity index (χ1n) is 9.73. The average Bonchev–Trinajstić information content (AvgIpc) is 2.83. The summed E-state index contributed by atoms with van der Waals surface area (Å²) in [5.41, 5.74) is 1.62. The van der Waals surface area contributed by atoms with Crippen LogP contribution in [0.3, 0.4) is 0 Å². The van der Waals surface area contributed by atoms with E-state index in [2.05, 4.69) is 10.6 Å². The highest BCUT2D eigenvalue weighted by atomic mass is 32.2. The summed E-state index contributed by atoms with van der Waals surface area (Å²) in [4.78, 5) is 25.9. The van der Waals surface area contributed by atoms with Crippen LogP contribution in [0.2, 0.25) is 0 Å². The third-order valence-electron chi connectivity index (χ3n) is 4.49. The molecule has 32 heavy (non-hydrogen) atoms. The summed E-state index contributed by atoms with van der Waals surface area (Å²) >= 11 is 1.40. The normalized spacial score (nSPS) is 10.2. The van der Waals surface area contributed by atoms with E-state index in [1.54, 1.807) is 49.6 Å². The van der Waals surface area contributed by atoms with E-state index >= 15 is 0 Å².